The zero-order chi connectivity index (χ0) is 72.0. The van der Waals surface area contributed by atoms with Gasteiger partial charge < -0.3 is 33.6 Å². The van der Waals surface area contributed by atoms with Gasteiger partial charge in [-0.1, -0.05) is 41.5 Å². The van der Waals surface area contributed by atoms with Crippen molar-refractivity contribution in [2.75, 3.05) is 5.73 Å². The molecule has 21 nitrogen and oxygen atoms in total. The van der Waals surface area contributed by atoms with Crippen LogP contribution in [0.4, 0.5) is 14.6 Å². The fourth-order valence-electron chi connectivity index (χ4n) is 15.8. The second-order valence-corrected chi connectivity index (χ2v) is 27.1. The van der Waals surface area contributed by atoms with Crippen molar-refractivity contribution in [2.45, 2.75) is 91.8 Å². The molecule has 0 bridgehead atoms. The predicted octanol–water partition coefficient (Wildman–Crippen LogP) is 15.2. The summed E-state index contributed by atoms with van der Waals surface area (Å²) < 4.78 is 59.7. The van der Waals surface area contributed by atoms with Crippen molar-refractivity contribution in [3.63, 3.8) is 0 Å². The Bertz CT molecular complexity index is 6740. The summed E-state index contributed by atoms with van der Waals surface area (Å²) in [6.07, 6.45) is 33.0. The first kappa shape index (κ1) is 64.0. The Labute approximate surface area is 601 Å². The van der Waals surface area contributed by atoms with E-state index in [1.807, 2.05) is 70.5 Å². The largest absolute Gasteiger partial charge is 0.470 e. The molecular formula is C81H57ClF2N18O3. The number of terminal acetylenes is 3. The van der Waals surface area contributed by atoms with Crippen LogP contribution in [0.2, 0.25) is 5.15 Å². The number of hydrogen-bond acceptors (Lipinski definition) is 18. The second kappa shape index (κ2) is 24.3. The van der Waals surface area contributed by atoms with Gasteiger partial charge in [-0.3, -0.25) is 0 Å². The van der Waals surface area contributed by atoms with Crippen molar-refractivity contribution in [3.05, 3.63) is 195 Å². The van der Waals surface area contributed by atoms with Gasteiger partial charge in [-0.05, 0) is 141 Å². The van der Waals surface area contributed by atoms with E-state index in [-0.39, 0.29) is 35.2 Å². The van der Waals surface area contributed by atoms with E-state index in [9.17, 15) is 0 Å². The lowest BCUT2D eigenvalue weighted by Crippen LogP contribution is -2.35. The molecule has 2 N–H and O–H groups in total. The van der Waals surface area contributed by atoms with Gasteiger partial charge in [0, 0.05) is 136 Å². The third-order valence-corrected chi connectivity index (χ3v) is 20.8. The van der Waals surface area contributed by atoms with Crippen molar-refractivity contribution in [1.29, 1.82) is 0 Å². The first-order chi connectivity index (χ1) is 50.9. The number of benzene rings is 4. The number of rotatable bonds is 12. The van der Waals surface area contributed by atoms with E-state index >= 15 is 8.78 Å². The number of aromatic nitrogens is 17. The van der Waals surface area contributed by atoms with E-state index in [0.717, 1.165) is 84.9 Å². The number of nitrogen functional groups attached to an aromatic ring is 1. The van der Waals surface area contributed by atoms with Crippen LogP contribution in [0.1, 0.15) is 86.9 Å². The Morgan fingerprint density at radius 2 is 1.18 bits per heavy atom. The van der Waals surface area contributed by atoms with Crippen LogP contribution in [0.5, 0.6) is 29.4 Å². The quantitative estimate of drug-likeness (QED) is 0.0678. The highest BCUT2D eigenvalue weighted by Gasteiger charge is 2.42. The van der Waals surface area contributed by atoms with Gasteiger partial charge in [0.1, 0.15) is 69.6 Å². The summed E-state index contributed by atoms with van der Waals surface area (Å²) in [5.74, 6) is 7.41. The number of nitrogens with zero attached hydrogens (tertiary/aromatic N) is 17. The first-order valence-electron chi connectivity index (χ1n) is 33.8. The molecule has 12 aromatic heterocycles. The lowest BCUT2D eigenvalue weighted by atomic mass is 9.80. The standard InChI is InChI=1S/C81H57ClF2N18O3/c1-10-46-27-39(4)55(35-88-46)70-63(44-15-21-81(22-16-44)34-45-14-13-42(7)95-78(45)105-81)67-74(85)91-38-94-77(67)101(70)25-19-49-17-23-86-79(98-49)103-58-32-53-51(30-56(58)83)64-62-43(8)89-36-93-76(62)102(72(64)61-41(6)29-48(12-3)97-69(53)61)26-20-50-18-24-87-80(99-50)104-59-33-54-52(31-57(59)84)65-66-73(82)90-37-92-75(66)100(9)71(65)60-40(5)28-47(11-2)96-68(54)60/h1-3,13-15,17-18,23-24,27-33,35-38H,16,19-22,25-26,34H2,4-9H3,(H2,85,91,94)/t81-/m0/s1. The SMILES string of the molecule is C#Cc1cc(C)c(-c2c(C3=CC[C@]4(CC3)Cc3ccc(C)nc3O4)c3c(N)ncnc3n2CCc2ccnc(Oc3cc4c(cc3F)c3c5c(C)ncnc5n(CCc5ccnc(Oc6cc7c(cc6F)c6c8c(Cl)ncnc8n(C)c6c6c(C)cc(C#C)nc76)n5)c3c3c(C)cc(C#C)nc43)n2)cn1. The lowest BCUT2D eigenvalue weighted by Gasteiger charge is -2.32. The van der Waals surface area contributed by atoms with Crippen molar-refractivity contribution in [2.24, 2.45) is 7.05 Å². The number of aryl methyl sites for hydroxylation is 10. The van der Waals surface area contributed by atoms with Crippen molar-refractivity contribution in [1.82, 2.24) is 83.5 Å². The Kier molecular flexibility index (Phi) is 14.8. The van der Waals surface area contributed by atoms with E-state index in [2.05, 4.69) is 73.9 Å². The van der Waals surface area contributed by atoms with Crippen LogP contribution >= 0.6 is 11.6 Å². The molecule has 4 aromatic carbocycles. The number of anilines is 1. The smallest absolute Gasteiger partial charge is 0.322 e. The predicted molar refractivity (Wildman–Crippen MR) is 399 cm³/mol. The fourth-order valence-corrected chi connectivity index (χ4v) is 16.0. The highest BCUT2D eigenvalue weighted by Crippen LogP contribution is 2.50. The van der Waals surface area contributed by atoms with Gasteiger partial charge in [0.25, 0.3) is 0 Å². The highest BCUT2D eigenvalue weighted by atomic mass is 35.5. The average molecular weight is 1400 g/mol. The maximum absolute atomic E-state index is 17.4. The van der Waals surface area contributed by atoms with Crippen LogP contribution in [0, 0.1) is 83.3 Å². The van der Waals surface area contributed by atoms with Crippen LogP contribution in [0.15, 0.2) is 110 Å². The Hall–Kier alpha value is -13.2. The Morgan fingerprint density at radius 1 is 0.590 bits per heavy atom. The number of hydrogen-bond donors (Lipinski definition) is 1. The molecule has 1 spiro atoms. The van der Waals surface area contributed by atoms with Crippen LogP contribution in [-0.2, 0) is 39.4 Å². The van der Waals surface area contributed by atoms with Crippen molar-refractivity contribution in [3.8, 4) is 77.7 Å². The third kappa shape index (κ3) is 10.2. The normalized spacial score (nSPS) is 14.3. The van der Waals surface area contributed by atoms with Crippen LogP contribution < -0.4 is 19.9 Å². The topological polar surface area (TPSA) is 249 Å². The van der Waals surface area contributed by atoms with Gasteiger partial charge in [-0.25, -0.2) is 68.6 Å². The van der Waals surface area contributed by atoms with Gasteiger partial charge in [0.05, 0.1) is 44.2 Å². The molecule has 0 radical (unpaired) electrons. The summed E-state index contributed by atoms with van der Waals surface area (Å²) in [5.41, 5.74) is 22.1. The van der Waals surface area contributed by atoms with E-state index in [1.165, 1.54) is 31.1 Å². The fraction of sp³-hybridized carbons (Fsp3) is 0.185. The molecule has 1 atom stereocenters. The molecule has 24 heteroatoms. The number of halogens is 3. The summed E-state index contributed by atoms with van der Waals surface area (Å²) >= 11 is 6.80. The number of nitrogens with two attached hydrogens (primary N) is 1. The van der Waals surface area contributed by atoms with Gasteiger partial charge in [0.15, 0.2) is 23.1 Å². The van der Waals surface area contributed by atoms with Crippen LogP contribution in [0.25, 0.3) is 115 Å². The molecule has 1 aliphatic heterocycles. The molecule has 510 valence electrons. The maximum atomic E-state index is 17.4. The Morgan fingerprint density at radius 3 is 1.81 bits per heavy atom. The summed E-state index contributed by atoms with van der Waals surface area (Å²) in [4.78, 5) is 65.8. The van der Waals surface area contributed by atoms with Crippen molar-refractivity contribution >= 4 is 121 Å². The molecule has 1 aliphatic carbocycles. The van der Waals surface area contributed by atoms with Gasteiger partial charge in [0.2, 0.25) is 5.88 Å². The zero-order valence-electron chi connectivity index (χ0n) is 57.3. The van der Waals surface area contributed by atoms with Crippen LogP contribution in [0.3, 0.4) is 0 Å². The van der Waals surface area contributed by atoms with E-state index in [4.69, 9.17) is 85.7 Å². The minimum atomic E-state index is -0.696. The number of allylic oxidation sites excluding steroid dienone is 1. The minimum absolute atomic E-state index is 0.0896. The highest BCUT2D eigenvalue weighted by molar-refractivity contribution is 6.40. The first-order valence-corrected chi connectivity index (χ1v) is 34.2. The Balaban J connectivity index is 0.679. The number of ether oxygens (including phenoxy) is 3. The van der Waals surface area contributed by atoms with E-state index < -0.39 is 17.2 Å². The molecule has 0 fully saturated rings. The molecule has 18 rings (SSSR count). The molecule has 0 unspecified atom stereocenters. The summed E-state index contributed by atoms with van der Waals surface area (Å²) in [7, 11) is 1.87. The number of fused-ring (bicyclic) bond motifs is 18. The van der Waals surface area contributed by atoms with Gasteiger partial charge in [-0.15, -0.1) is 19.3 Å². The van der Waals surface area contributed by atoms with Crippen LogP contribution in [-0.4, -0.2) is 89.1 Å². The summed E-state index contributed by atoms with van der Waals surface area (Å²) in [6, 6.07) is 19.1. The minimum Gasteiger partial charge on any atom is -0.470 e. The molecule has 0 saturated heterocycles. The van der Waals surface area contributed by atoms with Gasteiger partial charge in [-0.2, -0.15) is 9.97 Å². The van der Waals surface area contributed by atoms with E-state index in [0.29, 0.717) is 155 Å². The van der Waals surface area contributed by atoms with E-state index in [1.54, 1.807) is 42.9 Å². The van der Waals surface area contributed by atoms with Gasteiger partial charge >= 0.3 is 12.0 Å². The zero-order valence-corrected chi connectivity index (χ0v) is 58.1. The average Bonchev–Trinajstić information content (AvgIpc) is 1.60. The molecular weight excluding hydrogens is 1350 g/mol. The number of pyridine rings is 4. The monoisotopic (exact) mass is 1400 g/mol. The molecule has 16 aromatic rings. The molecule has 2 aliphatic rings. The third-order valence-electron chi connectivity index (χ3n) is 20.5. The molecule has 13 heterocycles. The molecule has 105 heavy (non-hydrogen) atoms. The second-order valence-electron chi connectivity index (χ2n) is 26.8. The maximum Gasteiger partial charge on any atom is 0.322 e. The molecule has 0 saturated carbocycles. The summed E-state index contributed by atoms with van der Waals surface area (Å²) in [5, 5.41) is 7.14. The molecule has 0 amide bonds. The lowest BCUT2D eigenvalue weighted by molar-refractivity contribution is 0.0814. The summed E-state index contributed by atoms with van der Waals surface area (Å²) in [6.45, 7) is 10.4. The van der Waals surface area contributed by atoms with Crippen molar-refractivity contribution < 1.29 is 23.0 Å².